The maximum atomic E-state index is 14.6. The molecule has 0 radical (unpaired) electrons. The van der Waals surface area contributed by atoms with Crippen molar-refractivity contribution in [2.24, 2.45) is 0 Å². The van der Waals surface area contributed by atoms with E-state index in [1.54, 1.807) is 19.1 Å². The second kappa shape index (κ2) is 8.57. The van der Waals surface area contributed by atoms with Gasteiger partial charge in [-0.3, -0.25) is 4.79 Å². The van der Waals surface area contributed by atoms with E-state index in [1.165, 1.54) is 11.1 Å². The van der Waals surface area contributed by atoms with Crippen molar-refractivity contribution in [2.75, 3.05) is 6.61 Å². The fourth-order valence-electron chi connectivity index (χ4n) is 3.45. The molecule has 0 aliphatic heterocycles. The topological polar surface area (TPSA) is 46.5 Å². The van der Waals surface area contributed by atoms with Gasteiger partial charge >= 0.3 is 5.97 Å². The third-order valence-corrected chi connectivity index (χ3v) is 5.25. The van der Waals surface area contributed by atoms with Crippen molar-refractivity contribution in [1.29, 1.82) is 0 Å². The molecule has 1 aliphatic carbocycles. The first-order valence-corrected chi connectivity index (χ1v) is 9.43. The highest BCUT2D eigenvalue weighted by Crippen LogP contribution is 2.35. The van der Waals surface area contributed by atoms with E-state index in [-0.39, 0.29) is 12.2 Å². The number of benzene rings is 2. The molecule has 0 heterocycles. The van der Waals surface area contributed by atoms with Gasteiger partial charge in [-0.15, -0.1) is 0 Å². The first kappa shape index (κ1) is 19.4. The van der Waals surface area contributed by atoms with Gasteiger partial charge in [-0.2, -0.15) is 0 Å². The first-order valence-electron chi connectivity index (χ1n) is 9.05. The summed E-state index contributed by atoms with van der Waals surface area (Å²) in [5.74, 6) is -1.09. The lowest BCUT2D eigenvalue weighted by molar-refractivity contribution is -0.136. The number of rotatable bonds is 7. The van der Waals surface area contributed by atoms with Crippen molar-refractivity contribution in [1.82, 2.24) is 0 Å². The molecule has 1 aliphatic rings. The lowest BCUT2D eigenvalue weighted by Gasteiger charge is -2.14. The van der Waals surface area contributed by atoms with Gasteiger partial charge in [-0.25, -0.2) is 4.39 Å². The van der Waals surface area contributed by atoms with Gasteiger partial charge in [0.05, 0.1) is 0 Å². The van der Waals surface area contributed by atoms with Gasteiger partial charge in [0.1, 0.15) is 6.61 Å². The summed E-state index contributed by atoms with van der Waals surface area (Å²) in [5.41, 5.74) is 4.72. The fraction of sp³-hybridized carbons (Fsp3) is 0.318. The monoisotopic (exact) mass is 388 g/mol. The lowest BCUT2D eigenvalue weighted by atomic mass is 10.0. The first-order chi connectivity index (χ1) is 13.0. The van der Waals surface area contributed by atoms with E-state index in [1.807, 2.05) is 24.3 Å². The van der Waals surface area contributed by atoms with Crippen LogP contribution in [0.4, 0.5) is 4.39 Å². The smallest absolute Gasteiger partial charge is 0.303 e. The largest absolute Gasteiger partial charge is 0.486 e. The van der Waals surface area contributed by atoms with Crippen LogP contribution in [0.15, 0.2) is 42.0 Å². The van der Waals surface area contributed by atoms with Gasteiger partial charge in [-0.1, -0.05) is 29.8 Å². The zero-order valence-electron chi connectivity index (χ0n) is 15.2. The average molecular weight is 389 g/mol. The van der Waals surface area contributed by atoms with Gasteiger partial charge in [0, 0.05) is 11.4 Å². The minimum Gasteiger partial charge on any atom is -0.486 e. The Morgan fingerprint density at radius 3 is 2.63 bits per heavy atom. The fourth-order valence-corrected chi connectivity index (χ4v) is 3.58. The number of ether oxygens (including phenoxy) is 1. The van der Waals surface area contributed by atoms with E-state index in [9.17, 15) is 9.18 Å². The summed E-state index contributed by atoms with van der Waals surface area (Å²) < 4.78 is 20.4. The van der Waals surface area contributed by atoms with E-state index in [0.29, 0.717) is 29.2 Å². The van der Waals surface area contributed by atoms with Crippen LogP contribution < -0.4 is 4.74 Å². The molecule has 0 fully saturated rings. The number of carboxylic acids is 1. The van der Waals surface area contributed by atoms with Crippen LogP contribution in [0.2, 0.25) is 5.02 Å². The number of aliphatic carboxylic acids is 1. The molecule has 142 valence electrons. The summed E-state index contributed by atoms with van der Waals surface area (Å²) in [7, 11) is 0. The number of aryl methyl sites for hydroxylation is 1. The summed E-state index contributed by atoms with van der Waals surface area (Å²) in [5, 5.41) is 9.50. The maximum Gasteiger partial charge on any atom is 0.303 e. The van der Waals surface area contributed by atoms with Crippen LogP contribution in [0.3, 0.4) is 0 Å². The van der Waals surface area contributed by atoms with Crippen molar-refractivity contribution < 1.29 is 19.0 Å². The molecular weight excluding hydrogens is 367 g/mol. The van der Waals surface area contributed by atoms with Crippen molar-refractivity contribution in [2.45, 2.75) is 39.0 Å². The second-order valence-electron chi connectivity index (χ2n) is 6.79. The average Bonchev–Trinajstić information content (AvgIpc) is 3.11. The molecule has 27 heavy (non-hydrogen) atoms. The highest BCUT2D eigenvalue weighted by molar-refractivity contribution is 6.30. The molecule has 1 N–H and O–H groups in total. The van der Waals surface area contributed by atoms with Gasteiger partial charge in [0.25, 0.3) is 0 Å². The van der Waals surface area contributed by atoms with Crippen LogP contribution in [0.1, 0.15) is 42.4 Å². The van der Waals surface area contributed by atoms with E-state index < -0.39 is 11.8 Å². The van der Waals surface area contributed by atoms with E-state index >= 15 is 0 Å². The predicted octanol–water partition coefficient (Wildman–Crippen LogP) is 5.82. The molecule has 0 bridgehead atoms. The maximum absolute atomic E-state index is 14.6. The Labute approximate surface area is 163 Å². The molecule has 0 saturated heterocycles. The molecule has 3 rings (SSSR count). The van der Waals surface area contributed by atoms with Crippen molar-refractivity contribution in [3.63, 3.8) is 0 Å². The minimum absolute atomic E-state index is 0.0160. The van der Waals surface area contributed by atoms with Gasteiger partial charge in [0.15, 0.2) is 11.6 Å². The highest BCUT2D eigenvalue weighted by Gasteiger charge is 2.18. The van der Waals surface area contributed by atoms with E-state index in [2.05, 4.69) is 0 Å². The van der Waals surface area contributed by atoms with Crippen LogP contribution in [0.5, 0.6) is 5.75 Å². The molecule has 3 nitrogen and oxygen atoms in total. The lowest BCUT2D eigenvalue weighted by Crippen LogP contribution is -2.05. The van der Waals surface area contributed by atoms with Crippen molar-refractivity contribution in [3.05, 3.63) is 69.5 Å². The molecule has 0 spiro atoms. The molecule has 5 heteroatoms. The Hall–Kier alpha value is -2.33. The molecular formula is C22H22ClFO3. The third-order valence-electron chi connectivity index (χ3n) is 5.00. The van der Waals surface area contributed by atoms with Crippen LogP contribution in [0, 0.1) is 12.7 Å². The molecule has 2 aromatic carbocycles. The summed E-state index contributed by atoms with van der Waals surface area (Å²) in [6.45, 7) is 2.01. The van der Waals surface area contributed by atoms with Gasteiger partial charge < -0.3 is 9.84 Å². The zero-order valence-corrected chi connectivity index (χ0v) is 16.0. The number of hydrogen-bond acceptors (Lipinski definition) is 2. The third kappa shape index (κ3) is 4.69. The number of halogens is 2. The number of allylic oxidation sites excluding steroid dienone is 1. The minimum atomic E-state index is -0.891. The Morgan fingerprint density at radius 2 is 1.93 bits per heavy atom. The molecule has 0 saturated carbocycles. The standard InChI is InChI=1S/C22H22ClFO3/c1-14-15(8-12-21(25)26)7-11-20(22(14)24)27-13-17-3-2-4-19(17)16-5-9-18(23)10-6-16/h5-7,9-11H,2-4,8,12-13H2,1H3,(H,25,26). The van der Waals surface area contributed by atoms with Crippen LogP contribution in [-0.4, -0.2) is 17.7 Å². The summed E-state index contributed by atoms with van der Waals surface area (Å²) in [6, 6.07) is 11.1. The van der Waals surface area contributed by atoms with Crippen LogP contribution in [-0.2, 0) is 11.2 Å². The second-order valence-corrected chi connectivity index (χ2v) is 7.22. The summed E-state index contributed by atoms with van der Waals surface area (Å²) in [4.78, 5) is 10.7. The zero-order chi connectivity index (χ0) is 19.4. The predicted molar refractivity (Wildman–Crippen MR) is 105 cm³/mol. The summed E-state index contributed by atoms with van der Waals surface area (Å²) in [6.07, 6.45) is 3.28. The molecule has 0 atom stereocenters. The quantitative estimate of drug-likeness (QED) is 0.649. The highest BCUT2D eigenvalue weighted by atomic mass is 35.5. The number of carbonyl (C=O) groups is 1. The Balaban J connectivity index is 1.74. The van der Waals surface area contributed by atoms with Crippen LogP contribution >= 0.6 is 11.6 Å². The molecule has 0 amide bonds. The molecule has 0 unspecified atom stereocenters. The number of hydrogen-bond donors (Lipinski definition) is 1. The molecule has 2 aromatic rings. The van der Waals surface area contributed by atoms with Crippen molar-refractivity contribution in [3.8, 4) is 5.75 Å². The van der Waals surface area contributed by atoms with Gasteiger partial charge in [-0.05, 0) is 78.6 Å². The Bertz CT molecular complexity index is 872. The SMILES string of the molecule is Cc1c(CCC(=O)O)ccc(OCC2=C(c3ccc(Cl)cc3)CCC2)c1F. The summed E-state index contributed by atoms with van der Waals surface area (Å²) >= 11 is 5.97. The number of carboxylic acid groups (broad SMARTS) is 1. The van der Waals surface area contributed by atoms with Crippen molar-refractivity contribution >= 4 is 23.1 Å². The Morgan fingerprint density at radius 1 is 1.19 bits per heavy atom. The van der Waals surface area contributed by atoms with Crippen LogP contribution in [0.25, 0.3) is 5.57 Å². The van der Waals surface area contributed by atoms with E-state index in [0.717, 1.165) is 24.8 Å². The van der Waals surface area contributed by atoms with E-state index in [4.69, 9.17) is 21.4 Å². The molecule has 0 aromatic heterocycles. The Kier molecular flexibility index (Phi) is 6.17. The van der Waals surface area contributed by atoms with Gasteiger partial charge in [0.2, 0.25) is 0 Å². The normalized spacial score (nSPS) is 13.9.